The summed E-state index contributed by atoms with van der Waals surface area (Å²) in [7, 11) is 0. The van der Waals surface area contributed by atoms with Crippen molar-refractivity contribution in [3.05, 3.63) is 68.4 Å². The maximum Gasteiger partial charge on any atom is 0.123 e. The lowest BCUT2D eigenvalue weighted by atomic mass is 9.92. The highest BCUT2D eigenvalue weighted by molar-refractivity contribution is 9.10. The van der Waals surface area contributed by atoms with Gasteiger partial charge < -0.3 is 5.73 Å². The molecule has 3 heteroatoms. The molecular weight excluding hydrogens is 305 g/mol. The zero-order chi connectivity index (χ0) is 14.2. The lowest BCUT2D eigenvalue weighted by Gasteiger charge is -2.19. The lowest BCUT2D eigenvalue weighted by Crippen LogP contribution is -2.15. The van der Waals surface area contributed by atoms with Gasteiger partial charge in [0.1, 0.15) is 5.82 Å². The van der Waals surface area contributed by atoms with E-state index in [1.807, 2.05) is 20.8 Å². The highest BCUT2D eigenvalue weighted by Gasteiger charge is 2.15. The zero-order valence-electron chi connectivity index (χ0n) is 11.3. The Morgan fingerprint density at radius 1 is 0.947 bits per heavy atom. The van der Waals surface area contributed by atoms with E-state index in [0.717, 1.165) is 32.3 Å². The number of rotatable bonds is 2. The van der Waals surface area contributed by atoms with Crippen LogP contribution >= 0.6 is 15.9 Å². The standard InChI is InChI=1S/C16H17BrFN/c1-9-4-5-12(18)8-14(9)16(19)13-6-11(3)15(17)7-10(13)2/h4-8,16H,19H2,1-3H3. The number of hydrogen-bond acceptors (Lipinski definition) is 1. The molecule has 1 nitrogen and oxygen atoms in total. The van der Waals surface area contributed by atoms with Gasteiger partial charge in [-0.05, 0) is 66.8 Å². The van der Waals surface area contributed by atoms with E-state index in [4.69, 9.17) is 5.73 Å². The van der Waals surface area contributed by atoms with Crippen LogP contribution in [0.25, 0.3) is 0 Å². The van der Waals surface area contributed by atoms with Crippen LogP contribution in [0, 0.1) is 26.6 Å². The van der Waals surface area contributed by atoms with Gasteiger partial charge in [-0.3, -0.25) is 0 Å². The predicted molar refractivity (Wildman–Crippen MR) is 80.8 cm³/mol. The Balaban J connectivity index is 2.52. The summed E-state index contributed by atoms with van der Waals surface area (Å²) in [5, 5.41) is 0. The maximum atomic E-state index is 13.4. The third kappa shape index (κ3) is 2.88. The Kier molecular flexibility index (Phi) is 4.07. The van der Waals surface area contributed by atoms with E-state index < -0.39 is 0 Å². The average molecular weight is 322 g/mol. The predicted octanol–water partition coefficient (Wildman–Crippen LogP) is 4.56. The van der Waals surface area contributed by atoms with Crippen LogP contribution in [-0.4, -0.2) is 0 Å². The minimum Gasteiger partial charge on any atom is -0.320 e. The van der Waals surface area contributed by atoms with Gasteiger partial charge in [0.15, 0.2) is 0 Å². The van der Waals surface area contributed by atoms with Crippen LogP contribution in [0.15, 0.2) is 34.8 Å². The van der Waals surface area contributed by atoms with Crippen molar-refractivity contribution in [3.63, 3.8) is 0 Å². The molecule has 19 heavy (non-hydrogen) atoms. The molecule has 0 aliphatic carbocycles. The van der Waals surface area contributed by atoms with Gasteiger partial charge in [0.05, 0.1) is 6.04 Å². The molecule has 2 rings (SSSR count). The second-order valence-corrected chi connectivity index (χ2v) is 5.79. The third-order valence-corrected chi connectivity index (χ3v) is 4.31. The van der Waals surface area contributed by atoms with E-state index in [9.17, 15) is 4.39 Å². The molecule has 0 saturated heterocycles. The highest BCUT2D eigenvalue weighted by atomic mass is 79.9. The fourth-order valence-corrected chi connectivity index (χ4v) is 2.71. The summed E-state index contributed by atoms with van der Waals surface area (Å²) >= 11 is 3.51. The summed E-state index contributed by atoms with van der Waals surface area (Å²) in [6.45, 7) is 6.00. The number of aryl methyl sites for hydroxylation is 3. The van der Waals surface area contributed by atoms with Crippen LogP contribution in [0.5, 0.6) is 0 Å². The average Bonchev–Trinajstić information content (AvgIpc) is 2.36. The van der Waals surface area contributed by atoms with E-state index in [1.165, 1.54) is 12.1 Å². The minimum atomic E-state index is -0.303. The van der Waals surface area contributed by atoms with E-state index >= 15 is 0 Å². The SMILES string of the molecule is Cc1cc(C(N)c2cc(F)ccc2C)c(C)cc1Br. The normalized spacial score (nSPS) is 12.5. The molecule has 100 valence electrons. The number of halogens is 2. The first-order chi connectivity index (χ1) is 8.90. The molecule has 2 aromatic rings. The molecule has 1 unspecified atom stereocenters. The van der Waals surface area contributed by atoms with Crippen molar-refractivity contribution >= 4 is 15.9 Å². The molecule has 0 bridgehead atoms. The molecular formula is C16H17BrFN. The van der Waals surface area contributed by atoms with Crippen LogP contribution in [0.3, 0.4) is 0 Å². The Morgan fingerprint density at radius 2 is 1.58 bits per heavy atom. The maximum absolute atomic E-state index is 13.4. The summed E-state index contributed by atoms with van der Waals surface area (Å²) in [4.78, 5) is 0. The first kappa shape index (κ1) is 14.2. The zero-order valence-corrected chi connectivity index (χ0v) is 12.9. The Bertz CT molecular complexity index is 622. The van der Waals surface area contributed by atoms with Gasteiger partial charge in [0.25, 0.3) is 0 Å². The fraction of sp³-hybridized carbons (Fsp3) is 0.250. The molecule has 0 fully saturated rings. The topological polar surface area (TPSA) is 26.0 Å². The smallest absolute Gasteiger partial charge is 0.123 e. The molecule has 1 atom stereocenters. The van der Waals surface area contributed by atoms with E-state index in [0.29, 0.717) is 0 Å². The number of benzene rings is 2. The van der Waals surface area contributed by atoms with E-state index in [2.05, 4.69) is 28.1 Å². The van der Waals surface area contributed by atoms with Crippen molar-refractivity contribution < 1.29 is 4.39 Å². The quantitative estimate of drug-likeness (QED) is 0.862. The van der Waals surface area contributed by atoms with Crippen LogP contribution < -0.4 is 5.73 Å². The van der Waals surface area contributed by atoms with Crippen molar-refractivity contribution in [2.24, 2.45) is 5.73 Å². The summed E-state index contributed by atoms with van der Waals surface area (Å²) in [6, 6.07) is 8.57. The molecule has 2 N–H and O–H groups in total. The minimum absolute atomic E-state index is 0.248. The lowest BCUT2D eigenvalue weighted by molar-refractivity contribution is 0.622. The van der Waals surface area contributed by atoms with Crippen LogP contribution in [0.1, 0.15) is 33.9 Å². The van der Waals surface area contributed by atoms with Gasteiger partial charge in [-0.2, -0.15) is 0 Å². The van der Waals surface area contributed by atoms with Gasteiger partial charge in [0.2, 0.25) is 0 Å². The second kappa shape index (κ2) is 5.43. The number of hydrogen-bond donors (Lipinski definition) is 1. The Morgan fingerprint density at radius 3 is 2.26 bits per heavy atom. The summed E-state index contributed by atoms with van der Waals surface area (Å²) in [5.41, 5.74) is 11.4. The largest absolute Gasteiger partial charge is 0.320 e. The fourth-order valence-electron chi connectivity index (χ4n) is 2.25. The summed E-state index contributed by atoms with van der Waals surface area (Å²) in [6.07, 6.45) is 0. The molecule has 0 spiro atoms. The van der Waals surface area contributed by atoms with Gasteiger partial charge in [0, 0.05) is 4.47 Å². The summed E-state index contributed by atoms with van der Waals surface area (Å²) in [5.74, 6) is -0.248. The molecule has 0 heterocycles. The van der Waals surface area contributed by atoms with E-state index in [-0.39, 0.29) is 11.9 Å². The molecule has 0 aliphatic heterocycles. The monoisotopic (exact) mass is 321 g/mol. The molecule has 0 aromatic heterocycles. The Hall–Kier alpha value is -1.19. The summed E-state index contributed by atoms with van der Waals surface area (Å²) < 4.78 is 14.5. The molecule has 0 radical (unpaired) electrons. The van der Waals surface area contributed by atoms with Gasteiger partial charge in [-0.1, -0.05) is 28.1 Å². The van der Waals surface area contributed by atoms with E-state index in [1.54, 1.807) is 6.07 Å². The third-order valence-electron chi connectivity index (χ3n) is 3.46. The highest BCUT2D eigenvalue weighted by Crippen LogP contribution is 2.29. The van der Waals surface area contributed by atoms with Crippen LogP contribution in [-0.2, 0) is 0 Å². The van der Waals surface area contributed by atoms with Crippen molar-refractivity contribution in [2.45, 2.75) is 26.8 Å². The first-order valence-corrected chi connectivity index (χ1v) is 6.97. The van der Waals surface area contributed by atoms with Crippen molar-refractivity contribution in [1.29, 1.82) is 0 Å². The van der Waals surface area contributed by atoms with Crippen LogP contribution in [0.2, 0.25) is 0 Å². The number of nitrogens with two attached hydrogens (primary N) is 1. The molecule has 0 saturated carbocycles. The first-order valence-electron chi connectivity index (χ1n) is 6.18. The molecule has 0 aliphatic rings. The van der Waals surface area contributed by atoms with Gasteiger partial charge >= 0.3 is 0 Å². The Labute approximate surface area is 121 Å². The van der Waals surface area contributed by atoms with Gasteiger partial charge in [-0.15, -0.1) is 0 Å². The van der Waals surface area contributed by atoms with Gasteiger partial charge in [-0.25, -0.2) is 4.39 Å². The van der Waals surface area contributed by atoms with Crippen molar-refractivity contribution in [1.82, 2.24) is 0 Å². The second-order valence-electron chi connectivity index (χ2n) is 4.94. The van der Waals surface area contributed by atoms with Crippen molar-refractivity contribution in [3.8, 4) is 0 Å². The van der Waals surface area contributed by atoms with Crippen LogP contribution in [0.4, 0.5) is 4.39 Å². The molecule has 0 amide bonds. The molecule has 2 aromatic carbocycles. The van der Waals surface area contributed by atoms with Crippen molar-refractivity contribution in [2.75, 3.05) is 0 Å².